The number of benzene rings is 3. The molecule has 1 N–H and O–H groups in total. The minimum absolute atomic E-state index is 0.252. The van der Waals surface area contributed by atoms with Crippen molar-refractivity contribution in [1.82, 2.24) is 4.90 Å². The van der Waals surface area contributed by atoms with Crippen LogP contribution in [0.15, 0.2) is 72.8 Å². The SMILES string of the molecule is COC(=O)C1Cc2ccccc2CN1C(=O)c1ccc(C)c(NC(=O)c2ccccc2)c1. The third kappa shape index (κ3) is 4.25. The number of esters is 1. The molecule has 3 aromatic carbocycles. The van der Waals surface area contributed by atoms with Gasteiger partial charge in [0.1, 0.15) is 6.04 Å². The topological polar surface area (TPSA) is 75.7 Å². The maximum absolute atomic E-state index is 13.5. The molecular formula is C26H24N2O4. The Kier molecular flexibility index (Phi) is 6.03. The molecule has 0 aliphatic carbocycles. The second-order valence-corrected chi connectivity index (χ2v) is 7.79. The number of carbonyl (C=O) groups is 3. The van der Waals surface area contributed by atoms with Crippen molar-refractivity contribution >= 4 is 23.5 Å². The molecule has 1 atom stereocenters. The van der Waals surface area contributed by atoms with Gasteiger partial charge in [0.25, 0.3) is 11.8 Å². The Morgan fingerprint density at radius 3 is 2.31 bits per heavy atom. The van der Waals surface area contributed by atoms with Crippen molar-refractivity contribution in [2.75, 3.05) is 12.4 Å². The number of rotatable bonds is 4. The maximum atomic E-state index is 13.5. The van der Waals surface area contributed by atoms with Gasteiger partial charge in [-0.3, -0.25) is 9.59 Å². The van der Waals surface area contributed by atoms with Crippen LogP contribution in [-0.4, -0.2) is 35.8 Å². The minimum Gasteiger partial charge on any atom is -0.467 e. The second kappa shape index (κ2) is 9.06. The van der Waals surface area contributed by atoms with Crippen LogP contribution < -0.4 is 5.32 Å². The first-order valence-corrected chi connectivity index (χ1v) is 10.4. The number of hydrogen-bond acceptors (Lipinski definition) is 4. The number of nitrogens with one attached hydrogen (secondary N) is 1. The molecule has 4 rings (SSSR count). The molecule has 3 aromatic rings. The lowest BCUT2D eigenvalue weighted by Crippen LogP contribution is -2.49. The zero-order valence-electron chi connectivity index (χ0n) is 18.0. The molecule has 1 heterocycles. The summed E-state index contributed by atoms with van der Waals surface area (Å²) < 4.78 is 4.98. The van der Waals surface area contributed by atoms with Gasteiger partial charge in [-0.15, -0.1) is 0 Å². The highest BCUT2D eigenvalue weighted by Crippen LogP contribution is 2.27. The summed E-state index contributed by atoms with van der Waals surface area (Å²) in [6.07, 6.45) is 0.401. The van der Waals surface area contributed by atoms with E-state index in [1.165, 1.54) is 7.11 Å². The summed E-state index contributed by atoms with van der Waals surface area (Å²) in [7, 11) is 1.33. The van der Waals surface area contributed by atoms with Crippen LogP contribution in [0.25, 0.3) is 0 Å². The van der Waals surface area contributed by atoms with E-state index in [2.05, 4.69) is 5.32 Å². The van der Waals surface area contributed by atoms with Crippen LogP contribution in [0.1, 0.15) is 37.4 Å². The Balaban J connectivity index is 1.62. The van der Waals surface area contributed by atoms with Crippen molar-refractivity contribution in [2.45, 2.75) is 25.9 Å². The fourth-order valence-electron chi connectivity index (χ4n) is 3.92. The molecule has 2 amide bonds. The van der Waals surface area contributed by atoms with Crippen molar-refractivity contribution < 1.29 is 19.1 Å². The van der Waals surface area contributed by atoms with Gasteiger partial charge in [-0.05, 0) is 47.9 Å². The van der Waals surface area contributed by atoms with Crippen molar-refractivity contribution in [1.29, 1.82) is 0 Å². The lowest BCUT2D eigenvalue weighted by molar-refractivity contribution is -0.146. The van der Waals surface area contributed by atoms with E-state index in [4.69, 9.17) is 4.74 Å². The lowest BCUT2D eigenvalue weighted by atomic mass is 9.93. The molecule has 1 unspecified atom stereocenters. The Bertz CT molecular complexity index is 1170. The summed E-state index contributed by atoms with van der Waals surface area (Å²) in [6, 6.07) is 21.1. The Morgan fingerprint density at radius 1 is 0.906 bits per heavy atom. The van der Waals surface area contributed by atoms with Crippen LogP contribution in [0.4, 0.5) is 5.69 Å². The van der Waals surface area contributed by atoms with Crippen molar-refractivity contribution in [2.24, 2.45) is 0 Å². The molecule has 0 spiro atoms. The summed E-state index contributed by atoms with van der Waals surface area (Å²) in [5.74, 6) is -0.986. The van der Waals surface area contributed by atoms with Crippen LogP contribution in [0.2, 0.25) is 0 Å². The van der Waals surface area contributed by atoms with Crippen LogP contribution >= 0.6 is 0 Å². The number of anilines is 1. The van der Waals surface area contributed by atoms with E-state index in [0.29, 0.717) is 29.8 Å². The summed E-state index contributed by atoms with van der Waals surface area (Å²) in [6.45, 7) is 2.18. The number of amides is 2. The number of ether oxygens (including phenoxy) is 1. The molecule has 0 saturated heterocycles. The normalized spacial score (nSPS) is 14.9. The van der Waals surface area contributed by atoms with Crippen LogP contribution in [0.3, 0.4) is 0 Å². The van der Waals surface area contributed by atoms with Gasteiger partial charge in [0.05, 0.1) is 7.11 Å². The van der Waals surface area contributed by atoms with Crippen molar-refractivity contribution in [3.8, 4) is 0 Å². The van der Waals surface area contributed by atoms with Crippen molar-refractivity contribution in [3.05, 3.63) is 101 Å². The van der Waals surface area contributed by atoms with Gasteiger partial charge in [-0.1, -0.05) is 48.5 Å². The number of carbonyl (C=O) groups excluding carboxylic acids is 3. The molecule has 0 bridgehead atoms. The highest BCUT2D eigenvalue weighted by Gasteiger charge is 2.35. The van der Waals surface area contributed by atoms with E-state index in [9.17, 15) is 14.4 Å². The first-order chi connectivity index (χ1) is 15.5. The van der Waals surface area contributed by atoms with Crippen molar-refractivity contribution in [3.63, 3.8) is 0 Å². The average Bonchev–Trinajstić information content (AvgIpc) is 2.84. The second-order valence-electron chi connectivity index (χ2n) is 7.79. The molecule has 32 heavy (non-hydrogen) atoms. The predicted molar refractivity (Wildman–Crippen MR) is 121 cm³/mol. The third-order valence-electron chi connectivity index (χ3n) is 5.75. The van der Waals surface area contributed by atoms with E-state index in [-0.39, 0.29) is 11.8 Å². The van der Waals surface area contributed by atoms with E-state index in [1.54, 1.807) is 47.4 Å². The zero-order valence-corrected chi connectivity index (χ0v) is 18.0. The fourth-order valence-corrected chi connectivity index (χ4v) is 3.92. The van der Waals surface area contributed by atoms with Crippen LogP contribution in [-0.2, 0) is 22.5 Å². The molecule has 1 aliphatic rings. The number of hydrogen-bond donors (Lipinski definition) is 1. The number of aryl methyl sites for hydroxylation is 1. The molecule has 0 radical (unpaired) electrons. The van der Waals surface area contributed by atoms with Crippen LogP contribution in [0.5, 0.6) is 0 Å². The quantitative estimate of drug-likeness (QED) is 0.638. The molecular weight excluding hydrogens is 404 g/mol. The summed E-state index contributed by atoms with van der Waals surface area (Å²) in [5.41, 5.74) is 4.35. The molecule has 162 valence electrons. The third-order valence-corrected chi connectivity index (χ3v) is 5.75. The largest absolute Gasteiger partial charge is 0.467 e. The molecule has 0 fully saturated rings. The van der Waals surface area contributed by atoms with Gasteiger partial charge in [0.2, 0.25) is 0 Å². The first kappa shape index (κ1) is 21.3. The Morgan fingerprint density at radius 2 is 1.59 bits per heavy atom. The summed E-state index contributed by atoms with van der Waals surface area (Å²) in [5, 5.41) is 2.88. The molecule has 6 heteroatoms. The molecule has 1 aliphatic heterocycles. The minimum atomic E-state index is -0.703. The first-order valence-electron chi connectivity index (χ1n) is 10.4. The van der Waals surface area contributed by atoms with E-state index in [0.717, 1.165) is 16.7 Å². The lowest BCUT2D eigenvalue weighted by Gasteiger charge is -2.35. The van der Waals surface area contributed by atoms with Crippen LogP contribution in [0, 0.1) is 6.92 Å². The number of nitrogens with zero attached hydrogens (tertiary/aromatic N) is 1. The van der Waals surface area contributed by atoms with Gasteiger partial charge >= 0.3 is 5.97 Å². The van der Waals surface area contributed by atoms with E-state index in [1.807, 2.05) is 37.3 Å². The molecule has 0 saturated carbocycles. The van der Waals surface area contributed by atoms with Gasteiger partial charge < -0.3 is 15.0 Å². The number of methoxy groups -OCH3 is 1. The monoisotopic (exact) mass is 428 g/mol. The Hall–Kier alpha value is -3.93. The van der Waals surface area contributed by atoms with Gasteiger partial charge in [-0.25, -0.2) is 4.79 Å². The zero-order chi connectivity index (χ0) is 22.7. The fraction of sp³-hybridized carbons (Fsp3) is 0.192. The van der Waals surface area contributed by atoms with E-state index < -0.39 is 12.0 Å². The highest BCUT2D eigenvalue weighted by molar-refractivity contribution is 6.05. The van der Waals surface area contributed by atoms with Gasteiger partial charge in [-0.2, -0.15) is 0 Å². The standard InChI is InChI=1S/C26H24N2O4/c1-17-12-13-20(14-22(17)27-24(29)18-8-4-3-5-9-18)25(30)28-16-21-11-7-6-10-19(21)15-23(28)26(31)32-2/h3-14,23H,15-16H2,1-2H3,(H,27,29). The van der Waals surface area contributed by atoms with Gasteiger partial charge in [0, 0.05) is 29.8 Å². The summed E-state index contributed by atoms with van der Waals surface area (Å²) in [4.78, 5) is 40.1. The number of fused-ring (bicyclic) bond motifs is 1. The van der Waals surface area contributed by atoms with E-state index >= 15 is 0 Å². The molecule has 6 nitrogen and oxygen atoms in total. The Labute approximate surface area is 186 Å². The van der Waals surface area contributed by atoms with Gasteiger partial charge in [0.15, 0.2) is 0 Å². The summed E-state index contributed by atoms with van der Waals surface area (Å²) >= 11 is 0. The highest BCUT2D eigenvalue weighted by atomic mass is 16.5. The maximum Gasteiger partial charge on any atom is 0.328 e. The smallest absolute Gasteiger partial charge is 0.328 e. The average molecular weight is 428 g/mol. The predicted octanol–water partition coefficient (Wildman–Crippen LogP) is 3.99. The molecule has 0 aromatic heterocycles.